The first-order chi connectivity index (χ1) is 7.23. The molecule has 0 spiro atoms. The van der Waals surface area contributed by atoms with Crippen molar-refractivity contribution in [3.05, 3.63) is 29.6 Å². The summed E-state index contributed by atoms with van der Waals surface area (Å²) in [4.78, 5) is 0. The number of hydrogen-bond acceptors (Lipinski definition) is 3. The van der Waals surface area contributed by atoms with Gasteiger partial charge in [0.1, 0.15) is 11.6 Å². The summed E-state index contributed by atoms with van der Waals surface area (Å²) in [6.07, 6.45) is -0.855. The minimum absolute atomic E-state index is 0. The maximum atomic E-state index is 13.5. The van der Waals surface area contributed by atoms with E-state index in [4.69, 9.17) is 10.8 Å². The van der Waals surface area contributed by atoms with Crippen LogP contribution < -0.4 is 5.73 Å². The van der Waals surface area contributed by atoms with Crippen molar-refractivity contribution in [3.8, 4) is 5.75 Å². The van der Waals surface area contributed by atoms with Crippen LogP contribution in [0.5, 0.6) is 5.75 Å². The van der Waals surface area contributed by atoms with Crippen LogP contribution in [0.25, 0.3) is 0 Å². The zero-order chi connectivity index (χ0) is 12.5. The smallest absolute Gasteiger partial charge is 0.131 e. The van der Waals surface area contributed by atoms with Gasteiger partial charge in [-0.15, -0.1) is 12.4 Å². The summed E-state index contributed by atoms with van der Waals surface area (Å²) in [5.41, 5.74) is 5.59. The monoisotopic (exact) mass is 263 g/mol. The molecule has 5 heteroatoms. The van der Waals surface area contributed by atoms with Gasteiger partial charge >= 0.3 is 0 Å². The number of benzene rings is 1. The van der Waals surface area contributed by atoms with E-state index in [-0.39, 0.29) is 23.7 Å². The predicted octanol–water partition coefficient (Wildman–Crippen LogP) is 2.36. The molecule has 0 bridgehead atoms. The molecule has 0 amide bonds. The second-order valence-electron chi connectivity index (χ2n) is 5.04. The predicted molar refractivity (Wildman–Crippen MR) is 67.7 cm³/mol. The molecule has 1 rings (SSSR count). The molecule has 1 aromatic carbocycles. The lowest BCUT2D eigenvalue weighted by Crippen LogP contribution is -2.37. The lowest BCUT2D eigenvalue weighted by Gasteiger charge is -2.31. The van der Waals surface area contributed by atoms with Crippen LogP contribution in [0.4, 0.5) is 4.39 Å². The molecule has 2 atom stereocenters. The van der Waals surface area contributed by atoms with Crippen molar-refractivity contribution in [2.75, 3.05) is 0 Å². The Kier molecular flexibility index (Phi) is 5.39. The maximum absolute atomic E-state index is 13.5. The molecule has 0 aliphatic carbocycles. The SMILES string of the molecule is CC(C)(C)[C@@H](O)[C@@H](N)c1ccc(O)cc1F.Cl. The van der Waals surface area contributed by atoms with E-state index in [9.17, 15) is 9.50 Å². The van der Waals surface area contributed by atoms with Crippen LogP contribution in [0.3, 0.4) is 0 Å². The average Bonchev–Trinajstić information content (AvgIpc) is 2.14. The number of phenols is 1. The van der Waals surface area contributed by atoms with Crippen LogP contribution in [0.2, 0.25) is 0 Å². The first kappa shape index (κ1) is 16.2. The molecule has 3 nitrogen and oxygen atoms in total. The Morgan fingerprint density at radius 1 is 1.29 bits per heavy atom. The molecule has 0 heterocycles. The summed E-state index contributed by atoms with van der Waals surface area (Å²) >= 11 is 0. The van der Waals surface area contributed by atoms with Crippen molar-refractivity contribution in [2.45, 2.75) is 32.9 Å². The van der Waals surface area contributed by atoms with E-state index < -0.39 is 23.4 Å². The lowest BCUT2D eigenvalue weighted by atomic mass is 9.82. The van der Waals surface area contributed by atoms with Crippen molar-refractivity contribution in [1.29, 1.82) is 0 Å². The Labute approximate surface area is 107 Å². The molecule has 0 radical (unpaired) electrons. The summed E-state index contributed by atoms with van der Waals surface area (Å²) in [6.45, 7) is 5.49. The van der Waals surface area contributed by atoms with Crippen LogP contribution in [-0.4, -0.2) is 16.3 Å². The number of halogens is 2. The standard InChI is InChI=1S/C12H18FNO2.ClH/c1-12(2,3)11(16)10(14)8-5-4-7(15)6-9(8)13;/h4-6,10-11,15-16H,14H2,1-3H3;1H/t10-,11-;/m0./s1. The van der Waals surface area contributed by atoms with Crippen molar-refractivity contribution in [2.24, 2.45) is 11.1 Å². The third kappa shape index (κ3) is 3.84. The topological polar surface area (TPSA) is 66.5 Å². The Morgan fingerprint density at radius 3 is 2.24 bits per heavy atom. The molecule has 0 unspecified atom stereocenters. The Balaban J connectivity index is 0.00000256. The van der Waals surface area contributed by atoms with Crippen LogP contribution in [-0.2, 0) is 0 Å². The molecule has 1 aromatic rings. The number of phenolic OH excluding ortho intramolecular Hbond substituents is 1. The van der Waals surface area contributed by atoms with E-state index in [0.717, 1.165) is 6.07 Å². The number of rotatable bonds is 2. The normalized spacial score (nSPS) is 14.9. The molecule has 0 saturated heterocycles. The number of aliphatic hydroxyl groups is 1. The molecule has 0 aromatic heterocycles. The minimum atomic E-state index is -0.855. The first-order valence-corrected chi connectivity index (χ1v) is 5.15. The zero-order valence-corrected chi connectivity index (χ0v) is 11.0. The fraction of sp³-hybridized carbons (Fsp3) is 0.500. The van der Waals surface area contributed by atoms with Gasteiger partial charge in [-0.05, 0) is 11.5 Å². The maximum Gasteiger partial charge on any atom is 0.131 e. The summed E-state index contributed by atoms with van der Waals surface area (Å²) in [5.74, 6) is -0.755. The average molecular weight is 264 g/mol. The van der Waals surface area contributed by atoms with Crippen molar-refractivity contribution in [3.63, 3.8) is 0 Å². The van der Waals surface area contributed by atoms with E-state index in [2.05, 4.69) is 0 Å². The van der Waals surface area contributed by atoms with Gasteiger partial charge in [0.15, 0.2) is 0 Å². The van der Waals surface area contributed by atoms with Crippen LogP contribution in [0.1, 0.15) is 32.4 Å². The number of aliphatic hydroxyl groups excluding tert-OH is 1. The second kappa shape index (κ2) is 5.67. The van der Waals surface area contributed by atoms with Gasteiger partial charge in [-0.1, -0.05) is 26.8 Å². The number of nitrogens with two attached hydrogens (primary N) is 1. The molecule has 4 N–H and O–H groups in total. The van der Waals surface area contributed by atoms with Crippen molar-refractivity contribution < 1.29 is 14.6 Å². The molecule has 0 saturated carbocycles. The molecule has 0 aliphatic rings. The molecule has 98 valence electrons. The van der Waals surface area contributed by atoms with E-state index in [0.29, 0.717) is 0 Å². The fourth-order valence-electron chi connectivity index (χ4n) is 1.50. The zero-order valence-electron chi connectivity index (χ0n) is 10.1. The summed E-state index contributed by atoms with van der Waals surface area (Å²) < 4.78 is 13.5. The molecule has 0 aliphatic heterocycles. The van der Waals surface area contributed by atoms with E-state index in [1.54, 1.807) is 0 Å². The van der Waals surface area contributed by atoms with Crippen LogP contribution in [0.15, 0.2) is 18.2 Å². The highest BCUT2D eigenvalue weighted by Crippen LogP contribution is 2.30. The van der Waals surface area contributed by atoms with Crippen molar-refractivity contribution >= 4 is 12.4 Å². The second-order valence-corrected chi connectivity index (χ2v) is 5.04. The van der Waals surface area contributed by atoms with E-state index >= 15 is 0 Å². The Hall–Kier alpha value is -0.840. The summed E-state index contributed by atoms with van der Waals surface area (Å²) in [7, 11) is 0. The highest BCUT2D eigenvalue weighted by molar-refractivity contribution is 5.85. The van der Waals surface area contributed by atoms with Gasteiger partial charge in [0, 0.05) is 11.6 Å². The van der Waals surface area contributed by atoms with Crippen LogP contribution in [0, 0.1) is 11.2 Å². The van der Waals surface area contributed by atoms with Gasteiger partial charge in [0.2, 0.25) is 0 Å². The number of hydrogen-bond donors (Lipinski definition) is 3. The highest BCUT2D eigenvalue weighted by Gasteiger charge is 2.30. The fourth-order valence-corrected chi connectivity index (χ4v) is 1.50. The van der Waals surface area contributed by atoms with Gasteiger partial charge in [-0.25, -0.2) is 4.39 Å². The summed E-state index contributed by atoms with van der Waals surface area (Å²) in [5, 5.41) is 19.0. The van der Waals surface area contributed by atoms with Gasteiger partial charge in [-0.3, -0.25) is 0 Å². The van der Waals surface area contributed by atoms with Gasteiger partial charge in [-0.2, -0.15) is 0 Å². The quantitative estimate of drug-likeness (QED) is 0.767. The lowest BCUT2D eigenvalue weighted by molar-refractivity contribution is 0.0391. The van der Waals surface area contributed by atoms with E-state index in [1.165, 1.54) is 12.1 Å². The molecule has 0 fully saturated rings. The third-order valence-corrected chi connectivity index (χ3v) is 2.57. The Morgan fingerprint density at radius 2 is 1.82 bits per heavy atom. The first-order valence-electron chi connectivity index (χ1n) is 5.15. The van der Waals surface area contributed by atoms with E-state index in [1.807, 2.05) is 20.8 Å². The molecular formula is C12H19ClFNO2. The largest absolute Gasteiger partial charge is 0.508 e. The van der Waals surface area contributed by atoms with Crippen molar-refractivity contribution in [1.82, 2.24) is 0 Å². The van der Waals surface area contributed by atoms with Gasteiger partial charge in [0.05, 0.1) is 12.1 Å². The minimum Gasteiger partial charge on any atom is -0.508 e. The summed E-state index contributed by atoms with van der Waals surface area (Å²) in [6, 6.07) is 2.93. The third-order valence-electron chi connectivity index (χ3n) is 2.57. The number of aromatic hydroxyl groups is 1. The van der Waals surface area contributed by atoms with Gasteiger partial charge < -0.3 is 15.9 Å². The highest BCUT2D eigenvalue weighted by atomic mass is 35.5. The Bertz CT molecular complexity index is 379. The van der Waals surface area contributed by atoms with Crippen LogP contribution >= 0.6 is 12.4 Å². The molecule has 17 heavy (non-hydrogen) atoms. The molecular weight excluding hydrogens is 245 g/mol. The van der Waals surface area contributed by atoms with Gasteiger partial charge in [0.25, 0.3) is 0 Å².